The van der Waals surface area contributed by atoms with E-state index in [1.165, 1.54) is 25.7 Å². The summed E-state index contributed by atoms with van der Waals surface area (Å²) < 4.78 is 0. The maximum absolute atomic E-state index is 10.4. The average molecular weight is 204 g/mol. The molecule has 0 atom stereocenters. The van der Waals surface area contributed by atoms with Gasteiger partial charge in [0.05, 0.1) is 0 Å². The fraction of sp³-hybridized carbons (Fsp3) is 0.462. The molecule has 1 radical (unpaired) electrons. The van der Waals surface area contributed by atoms with Crippen LogP contribution >= 0.6 is 0 Å². The number of rotatable bonds is 7. The van der Waals surface area contributed by atoms with E-state index in [4.69, 9.17) is 0 Å². The normalized spacial score (nSPS) is 9.93. The van der Waals surface area contributed by atoms with Crippen molar-refractivity contribution in [1.29, 1.82) is 0 Å². The van der Waals surface area contributed by atoms with E-state index in [1.807, 2.05) is 24.5 Å². The molecular weight excluding hydrogens is 186 g/mol. The lowest BCUT2D eigenvalue weighted by atomic mass is 10.2. The van der Waals surface area contributed by atoms with E-state index in [2.05, 4.69) is 12.2 Å². The SMILES string of the molecule is CCCCCCNc1cccc([C]=O)c1. The van der Waals surface area contributed by atoms with Gasteiger partial charge in [0, 0.05) is 17.8 Å². The molecule has 0 saturated heterocycles. The number of hydrogen-bond donors (Lipinski definition) is 1. The highest BCUT2D eigenvalue weighted by Crippen LogP contribution is 2.09. The summed E-state index contributed by atoms with van der Waals surface area (Å²) in [6, 6.07) is 7.43. The predicted octanol–water partition coefficient (Wildman–Crippen LogP) is 3.14. The second-order valence-corrected chi connectivity index (χ2v) is 3.67. The van der Waals surface area contributed by atoms with Gasteiger partial charge in [-0.15, -0.1) is 0 Å². The molecule has 0 heterocycles. The molecule has 0 fully saturated rings. The van der Waals surface area contributed by atoms with Crippen LogP contribution in [0.2, 0.25) is 0 Å². The second kappa shape index (κ2) is 7.04. The molecule has 1 N–H and O–H groups in total. The van der Waals surface area contributed by atoms with Crippen LogP contribution in [0.1, 0.15) is 38.2 Å². The minimum Gasteiger partial charge on any atom is -0.385 e. The molecule has 15 heavy (non-hydrogen) atoms. The third-order valence-corrected chi connectivity index (χ3v) is 2.34. The summed E-state index contributed by atoms with van der Waals surface area (Å²) in [6.07, 6.45) is 6.89. The summed E-state index contributed by atoms with van der Waals surface area (Å²) in [6.45, 7) is 3.18. The molecule has 2 heteroatoms. The summed E-state index contributed by atoms with van der Waals surface area (Å²) in [5.74, 6) is 0. The van der Waals surface area contributed by atoms with Gasteiger partial charge < -0.3 is 5.32 Å². The Kier molecular flexibility index (Phi) is 5.52. The van der Waals surface area contributed by atoms with Crippen LogP contribution in [0.3, 0.4) is 0 Å². The zero-order chi connectivity index (χ0) is 10.9. The van der Waals surface area contributed by atoms with Crippen LogP contribution in [0, 0.1) is 0 Å². The topological polar surface area (TPSA) is 29.1 Å². The largest absolute Gasteiger partial charge is 0.385 e. The van der Waals surface area contributed by atoms with Gasteiger partial charge in [-0.3, -0.25) is 4.79 Å². The van der Waals surface area contributed by atoms with Gasteiger partial charge in [-0.2, -0.15) is 0 Å². The Hall–Kier alpha value is -1.31. The standard InChI is InChI=1S/C13H18NO/c1-2-3-4-5-9-14-13-8-6-7-12(10-13)11-15/h6-8,10,14H,2-5,9H2,1H3. The van der Waals surface area contributed by atoms with Gasteiger partial charge in [-0.05, 0) is 18.6 Å². The molecule has 0 saturated carbocycles. The van der Waals surface area contributed by atoms with E-state index in [1.54, 1.807) is 6.07 Å². The number of carbonyl (C=O) groups excluding carboxylic acids is 1. The van der Waals surface area contributed by atoms with Crippen molar-refractivity contribution in [2.45, 2.75) is 32.6 Å². The van der Waals surface area contributed by atoms with Crippen molar-refractivity contribution in [3.8, 4) is 0 Å². The Morgan fingerprint density at radius 1 is 1.27 bits per heavy atom. The van der Waals surface area contributed by atoms with Gasteiger partial charge >= 0.3 is 0 Å². The fourth-order valence-corrected chi connectivity index (χ4v) is 1.48. The summed E-state index contributed by atoms with van der Waals surface area (Å²) in [7, 11) is 0. The predicted molar refractivity (Wildman–Crippen MR) is 63.9 cm³/mol. The van der Waals surface area contributed by atoms with Crippen molar-refractivity contribution in [2.75, 3.05) is 11.9 Å². The quantitative estimate of drug-likeness (QED) is 0.691. The van der Waals surface area contributed by atoms with E-state index in [0.717, 1.165) is 12.2 Å². The molecule has 2 nitrogen and oxygen atoms in total. The van der Waals surface area contributed by atoms with Crippen molar-refractivity contribution in [1.82, 2.24) is 0 Å². The van der Waals surface area contributed by atoms with Gasteiger partial charge in [-0.1, -0.05) is 38.3 Å². The molecule has 0 aliphatic carbocycles. The van der Waals surface area contributed by atoms with Crippen LogP contribution in [0.15, 0.2) is 24.3 Å². The molecule has 0 spiro atoms. The first-order valence-corrected chi connectivity index (χ1v) is 5.59. The number of nitrogens with one attached hydrogen (secondary N) is 1. The fourth-order valence-electron chi connectivity index (χ4n) is 1.48. The Balaban J connectivity index is 2.27. The van der Waals surface area contributed by atoms with Crippen molar-refractivity contribution in [3.05, 3.63) is 29.8 Å². The van der Waals surface area contributed by atoms with Gasteiger partial charge in [0.25, 0.3) is 0 Å². The highest BCUT2D eigenvalue weighted by molar-refractivity contribution is 5.77. The second-order valence-electron chi connectivity index (χ2n) is 3.67. The average Bonchev–Trinajstić information content (AvgIpc) is 2.29. The van der Waals surface area contributed by atoms with Crippen molar-refractivity contribution in [3.63, 3.8) is 0 Å². The van der Waals surface area contributed by atoms with Crippen LogP contribution in [-0.2, 0) is 4.79 Å². The molecule has 0 bridgehead atoms. The van der Waals surface area contributed by atoms with Gasteiger partial charge in [-0.25, -0.2) is 0 Å². The van der Waals surface area contributed by atoms with E-state index in [0.29, 0.717) is 5.56 Å². The first kappa shape index (κ1) is 11.8. The molecular formula is C13H18NO. The number of unbranched alkanes of at least 4 members (excludes halogenated alkanes) is 3. The smallest absolute Gasteiger partial charge is 0.233 e. The van der Waals surface area contributed by atoms with E-state index in [-0.39, 0.29) is 0 Å². The molecule has 1 rings (SSSR count). The molecule has 0 aliphatic heterocycles. The highest BCUT2D eigenvalue weighted by Gasteiger charge is 1.94. The third kappa shape index (κ3) is 4.63. The molecule has 0 aromatic heterocycles. The van der Waals surface area contributed by atoms with Gasteiger partial charge in [0.15, 0.2) is 0 Å². The first-order chi connectivity index (χ1) is 7.36. The lowest BCUT2D eigenvalue weighted by Gasteiger charge is -2.05. The zero-order valence-corrected chi connectivity index (χ0v) is 9.25. The Morgan fingerprint density at radius 3 is 2.87 bits per heavy atom. The van der Waals surface area contributed by atoms with Crippen LogP contribution in [0.4, 0.5) is 5.69 Å². The van der Waals surface area contributed by atoms with E-state index < -0.39 is 0 Å². The van der Waals surface area contributed by atoms with Crippen molar-refractivity contribution >= 4 is 12.0 Å². The maximum Gasteiger partial charge on any atom is 0.233 e. The Bertz CT molecular complexity index is 296. The third-order valence-electron chi connectivity index (χ3n) is 2.34. The summed E-state index contributed by atoms with van der Waals surface area (Å²) in [5, 5.41) is 3.30. The Morgan fingerprint density at radius 2 is 2.13 bits per heavy atom. The number of anilines is 1. The maximum atomic E-state index is 10.4. The highest BCUT2D eigenvalue weighted by atomic mass is 16.1. The first-order valence-electron chi connectivity index (χ1n) is 5.59. The lowest BCUT2D eigenvalue weighted by molar-refractivity contribution is 0.563. The molecule has 81 valence electrons. The van der Waals surface area contributed by atoms with Gasteiger partial charge in [0.1, 0.15) is 0 Å². The molecule has 1 aromatic rings. The molecule has 1 aromatic carbocycles. The van der Waals surface area contributed by atoms with E-state index >= 15 is 0 Å². The summed E-state index contributed by atoms with van der Waals surface area (Å²) in [5.41, 5.74) is 1.61. The van der Waals surface area contributed by atoms with Crippen molar-refractivity contribution in [2.24, 2.45) is 0 Å². The molecule has 0 amide bonds. The molecule has 0 aliphatic rings. The van der Waals surface area contributed by atoms with Crippen LogP contribution in [-0.4, -0.2) is 12.8 Å². The zero-order valence-electron chi connectivity index (χ0n) is 9.25. The van der Waals surface area contributed by atoms with Crippen LogP contribution in [0.5, 0.6) is 0 Å². The van der Waals surface area contributed by atoms with Crippen molar-refractivity contribution < 1.29 is 4.79 Å². The minimum atomic E-state index is 0.605. The van der Waals surface area contributed by atoms with E-state index in [9.17, 15) is 4.79 Å². The monoisotopic (exact) mass is 204 g/mol. The number of benzene rings is 1. The van der Waals surface area contributed by atoms with Gasteiger partial charge in [0.2, 0.25) is 6.29 Å². The minimum absolute atomic E-state index is 0.605. The van der Waals surface area contributed by atoms with Crippen LogP contribution < -0.4 is 5.32 Å². The summed E-state index contributed by atoms with van der Waals surface area (Å²) >= 11 is 0. The lowest BCUT2D eigenvalue weighted by Crippen LogP contribution is -2.01. The Labute approximate surface area is 91.7 Å². The number of hydrogen-bond acceptors (Lipinski definition) is 2. The molecule has 0 unspecified atom stereocenters. The van der Waals surface area contributed by atoms with Crippen LogP contribution in [0.25, 0.3) is 0 Å². The summed E-state index contributed by atoms with van der Waals surface area (Å²) in [4.78, 5) is 10.4.